The topological polar surface area (TPSA) is 0 Å². The first kappa shape index (κ1) is 14.8. The maximum atomic E-state index is 3.68. The van der Waals surface area contributed by atoms with Gasteiger partial charge in [-0.1, -0.05) is 98.1 Å². The van der Waals surface area contributed by atoms with E-state index >= 15 is 0 Å². The van der Waals surface area contributed by atoms with Crippen molar-refractivity contribution >= 4 is 12.2 Å². The zero-order valence-corrected chi connectivity index (χ0v) is 12.2. The molecule has 0 atom stereocenters. The summed E-state index contributed by atoms with van der Waals surface area (Å²) >= 11 is 0. The van der Waals surface area contributed by atoms with E-state index in [1.54, 1.807) is 12.2 Å². The molecule has 0 aliphatic carbocycles. The van der Waals surface area contributed by atoms with E-state index in [2.05, 4.69) is 73.8 Å². The van der Waals surface area contributed by atoms with E-state index in [9.17, 15) is 0 Å². The molecule has 0 unspecified atom stereocenters. The molecule has 0 bridgehead atoms. The van der Waals surface area contributed by atoms with E-state index in [-0.39, 0.29) is 0 Å². The molecule has 0 aromatic heterocycles. The van der Waals surface area contributed by atoms with Crippen molar-refractivity contribution in [2.75, 3.05) is 0 Å². The molecule has 0 saturated carbocycles. The van der Waals surface area contributed by atoms with Crippen LogP contribution in [0.3, 0.4) is 0 Å². The first-order valence-corrected chi connectivity index (χ1v) is 7.08. The first-order chi connectivity index (χ1) is 10.3. The molecule has 21 heavy (non-hydrogen) atoms. The van der Waals surface area contributed by atoms with Crippen LogP contribution in [0.4, 0.5) is 0 Å². The predicted molar refractivity (Wildman–Crippen MR) is 94.2 cm³/mol. The molecule has 0 aliphatic rings. The van der Waals surface area contributed by atoms with E-state index in [4.69, 9.17) is 0 Å². The molecule has 2 aromatic carbocycles. The van der Waals surface area contributed by atoms with E-state index in [1.165, 1.54) is 22.3 Å². The Hall–Kier alpha value is -2.60. The van der Waals surface area contributed by atoms with E-state index in [0.29, 0.717) is 0 Å². The van der Waals surface area contributed by atoms with Gasteiger partial charge in [0, 0.05) is 0 Å². The number of allylic oxidation sites excluding steroid dienone is 4. The van der Waals surface area contributed by atoms with Gasteiger partial charge in [-0.15, -0.1) is 0 Å². The molecule has 0 radical (unpaired) electrons. The molecule has 0 heterocycles. The van der Waals surface area contributed by atoms with E-state index < -0.39 is 0 Å². The van der Waals surface area contributed by atoms with Gasteiger partial charge < -0.3 is 0 Å². The second-order valence-corrected chi connectivity index (χ2v) is 4.85. The standard InChI is InChI=1S/C21H20/c1-3-5-7-18-9-13-20(14-10-18)17-21-15-11-19(12-16-21)8-6-4-2/h3-16H,1-2,17H2. The van der Waals surface area contributed by atoms with Crippen LogP contribution >= 0.6 is 0 Å². The fourth-order valence-corrected chi connectivity index (χ4v) is 2.09. The number of hydrogen-bond donors (Lipinski definition) is 0. The number of hydrogen-bond acceptors (Lipinski definition) is 0. The summed E-state index contributed by atoms with van der Waals surface area (Å²) in [6.45, 7) is 7.36. The molecule has 0 spiro atoms. The van der Waals surface area contributed by atoms with Crippen molar-refractivity contribution in [3.8, 4) is 0 Å². The van der Waals surface area contributed by atoms with Crippen molar-refractivity contribution in [2.24, 2.45) is 0 Å². The van der Waals surface area contributed by atoms with Crippen LogP contribution in [0.15, 0.2) is 86.0 Å². The third-order valence-corrected chi connectivity index (χ3v) is 3.22. The van der Waals surface area contributed by atoms with Crippen molar-refractivity contribution < 1.29 is 0 Å². The Labute approximate surface area is 127 Å². The van der Waals surface area contributed by atoms with Gasteiger partial charge in [0.15, 0.2) is 0 Å². The summed E-state index contributed by atoms with van der Waals surface area (Å²) in [5, 5.41) is 0. The van der Waals surface area contributed by atoms with Gasteiger partial charge in [0.1, 0.15) is 0 Å². The van der Waals surface area contributed by atoms with Crippen LogP contribution in [0.25, 0.3) is 12.2 Å². The predicted octanol–water partition coefficient (Wildman–Crippen LogP) is 5.68. The van der Waals surface area contributed by atoms with E-state index in [0.717, 1.165) is 6.42 Å². The largest absolute Gasteiger partial charge is 0.0991 e. The number of benzene rings is 2. The van der Waals surface area contributed by atoms with Gasteiger partial charge in [-0.3, -0.25) is 0 Å². The van der Waals surface area contributed by atoms with Crippen molar-refractivity contribution in [3.63, 3.8) is 0 Å². The van der Waals surface area contributed by atoms with Gasteiger partial charge in [-0.25, -0.2) is 0 Å². The zero-order chi connectivity index (χ0) is 14.9. The maximum absolute atomic E-state index is 3.68. The highest BCUT2D eigenvalue weighted by Crippen LogP contribution is 2.13. The second-order valence-electron chi connectivity index (χ2n) is 4.85. The Morgan fingerprint density at radius 1 is 0.619 bits per heavy atom. The Morgan fingerprint density at radius 3 is 1.33 bits per heavy atom. The molecule has 0 amide bonds. The smallest absolute Gasteiger partial charge is 0.00258 e. The van der Waals surface area contributed by atoms with Crippen LogP contribution in [0.2, 0.25) is 0 Å². The molecule has 0 nitrogen and oxygen atoms in total. The molecule has 2 rings (SSSR count). The highest BCUT2D eigenvalue weighted by atomic mass is 14.0. The fourth-order valence-electron chi connectivity index (χ4n) is 2.09. The third kappa shape index (κ3) is 4.77. The summed E-state index contributed by atoms with van der Waals surface area (Å²) in [5.41, 5.74) is 5.03. The van der Waals surface area contributed by atoms with Gasteiger partial charge in [0.2, 0.25) is 0 Å². The summed E-state index contributed by atoms with van der Waals surface area (Å²) in [7, 11) is 0. The van der Waals surface area contributed by atoms with Crippen molar-refractivity contribution in [1.29, 1.82) is 0 Å². The summed E-state index contributed by atoms with van der Waals surface area (Å²) < 4.78 is 0. The Balaban J connectivity index is 2.04. The van der Waals surface area contributed by atoms with Crippen LogP contribution in [0.1, 0.15) is 22.3 Å². The highest BCUT2D eigenvalue weighted by Gasteiger charge is 1.96. The van der Waals surface area contributed by atoms with Crippen molar-refractivity contribution in [2.45, 2.75) is 6.42 Å². The fraction of sp³-hybridized carbons (Fsp3) is 0.0476. The lowest BCUT2D eigenvalue weighted by Gasteiger charge is -2.03. The molecule has 0 saturated heterocycles. The summed E-state index contributed by atoms with van der Waals surface area (Å²) in [6.07, 6.45) is 12.5. The highest BCUT2D eigenvalue weighted by molar-refractivity contribution is 5.53. The minimum absolute atomic E-state index is 0.955. The summed E-state index contributed by atoms with van der Waals surface area (Å²) in [5.74, 6) is 0. The molecule has 0 fully saturated rings. The normalized spacial score (nSPS) is 11.0. The van der Waals surface area contributed by atoms with Crippen LogP contribution in [0.5, 0.6) is 0 Å². The zero-order valence-electron chi connectivity index (χ0n) is 12.2. The van der Waals surface area contributed by atoms with Crippen LogP contribution in [0, 0.1) is 0 Å². The molecular formula is C21H20. The van der Waals surface area contributed by atoms with Gasteiger partial charge >= 0.3 is 0 Å². The van der Waals surface area contributed by atoms with Gasteiger partial charge in [0.05, 0.1) is 0 Å². The monoisotopic (exact) mass is 272 g/mol. The minimum Gasteiger partial charge on any atom is -0.0991 e. The second kappa shape index (κ2) is 7.86. The first-order valence-electron chi connectivity index (χ1n) is 7.08. The Morgan fingerprint density at radius 2 is 1.00 bits per heavy atom. The molecule has 0 aliphatic heterocycles. The lowest BCUT2D eigenvalue weighted by molar-refractivity contribution is 1.19. The quantitative estimate of drug-likeness (QED) is 0.594. The summed E-state index contributed by atoms with van der Waals surface area (Å²) in [4.78, 5) is 0. The molecule has 0 N–H and O–H groups in total. The molecular weight excluding hydrogens is 252 g/mol. The van der Waals surface area contributed by atoms with Gasteiger partial charge in [-0.05, 0) is 28.7 Å². The minimum atomic E-state index is 0.955. The van der Waals surface area contributed by atoms with Gasteiger partial charge in [0.25, 0.3) is 0 Å². The Bertz CT molecular complexity index is 578. The summed E-state index contributed by atoms with van der Waals surface area (Å²) in [6, 6.07) is 17.2. The third-order valence-electron chi connectivity index (χ3n) is 3.22. The number of rotatable bonds is 6. The molecule has 104 valence electrons. The van der Waals surface area contributed by atoms with E-state index in [1.807, 2.05) is 12.2 Å². The molecule has 2 aromatic rings. The van der Waals surface area contributed by atoms with Gasteiger partial charge in [-0.2, -0.15) is 0 Å². The van der Waals surface area contributed by atoms with Crippen LogP contribution in [-0.4, -0.2) is 0 Å². The van der Waals surface area contributed by atoms with Crippen molar-refractivity contribution in [3.05, 3.63) is 108 Å². The lowest BCUT2D eigenvalue weighted by Crippen LogP contribution is -1.88. The molecule has 0 heteroatoms. The van der Waals surface area contributed by atoms with Crippen LogP contribution < -0.4 is 0 Å². The Kier molecular flexibility index (Phi) is 5.54. The lowest BCUT2D eigenvalue weighted by atomic mass is 10.0. The maximum Gasteiger partial charge on any atom is -0.00258 e. The van der Waals surface area contributed by atoms with Crippen LogP contribution in [-0.2, 0) is 6.42 Å². The van der Waals surface area contributed by atoms with Crippen molar-refractivity contribution in [1.82, 2.24) is 0 Å². The SMILES string of the molecule is C=CC=Cc1ccc(Cc2ccc(C=CC=C)cc2)cc1. The average Bonchev–Trinajstić information content (AvgIpc) is 2.53. The average molecular weight is 272 g/mol.